The molecule has 26 heavy (non-hydrogen) atoms. The maximum Gasteiger partial charge on any atom is 0.387 e. The molecule has 1 amide bonds. The summed E-state index contributed by atoms with van der Waals surface area (Å²) in [5, 5.41) is 2.75. The van der Waals surface area contributed by atoms with Crippen molar-refractivity contribution in [1.29, 1.82) is 0 Å². The first kappa shape index (κ1) is 19.9. The highest BCUT2D eigenvalue weighted by atomic mass is 35.5. The molecule has 0 aliphatic heterocycles. The van der Waals surface area contributed by atoms with Gasteiger partial charge in [0.25, 0.3) is 5.91 Å². The summed E-state index contributed by atoms with van der Waals surface area (Å²) in [5.74, 6) is -1.45. The van der Waals surface area contributed by atoms with Crippen LogP contribution in [0.15, 0.2) is 42.5 Å². The van der Waals surface area contributed by atoms with Gasteiger partial charge < -0.3 is 14.8 Å². The van der Waals surface area contributed by atoms with E-state index < -0.39 is 25.1 Å². The third kappa shape index (κ3) is 6.16. The largest absolute Gasteiger partial charge is 0.455 e. The van der Waals surface area contributed by atoms with Crippen LogP contribution >= 0.6 is 23.2 Å². The number of halogens is 4. The zero-order valence-electron chi connectivity index (χ0n) is 13.2. The molecule has 0 fully saturated rings. The highest BCUT2D eigenvalue weighted by Crippen LogP contribution is 2.28. The predicted octanol–water partition coefficient (Wildman–Crippen LogP) is 4.32. The summed E-state index contributed by atoms with van der Waals surface area (Å²) in [4.78, 5) is 23.6. The molecule has 5 nitrogen and oxygen atoms in total. The standard InChI is InChI=1S/C17H13Cl2F2NO4/c18-12-4-2-1-3-10(12)7-16(24)25-9-15(23)22-11-5-6-14(13(19)8-11)26-17(20)21/h1-6,8,17H,7,9H2,(H,22,23). The fraction of sp³-hybridized carbons (Fsp3) is 0.176. The first-order valence-corrected chi connectivity index (χ1v) is 8.04. The number of carbonyl (C=O) groups excluding carboxylic acids is 2. The lowest BCUT2D eigenvalue weighted by atomic mass is 10.1. The second-order valence-corrected chi connectivity index (χ2v) is 5.82. The van der Waals surface area contributed by atoms with Gasteiger partial charge in [0.05, 0.1) is 11.4 Å². The van der Waals surface area contributed by atoms with E-state index in [0.717, 1.165) is 0 Å². The van der Waals surface area contributed by atoms with Crippen molar-refractivity contribution >= 4 is 40.8 Å². The summed E-state index contributed by atoms with van der Waals surface area (Å²) in [7, 11) is 0. The summed E-state index contributed by atoms with van der Waals surface area (Å²) in [6.07, 6.45) is -0.0710. The SMILES string of the molecule is O=C(COC(=O)Cc1ccccc1Cl)Nc1ccc(OC(F)F)c(Cl)c1. The molecule has 0 saturated heterocycles. The van der Waals surface area contributed by atoms with Crippen molar-refractivity contribution in [2.45, 2.75) is 13.0 Å². The van der Waals surface area contributed by atoms with E-state index in [1.807, 2.05) is 0 Å². The minimum Gasteiger partial charge on any atom is -0.455 e. The van der Waals surface area contributed by atoms with Crippen molar-refractivity contribution < 1.29 is 27.8 Å². The van der Waals surface area contributed by atoms with Crippen LogP contribution in [-0.4, -0.2) is 25.1 Å². The molecule has 0 radical (unpaired) electrons. The van der Waals surface area contributed by atoms with Crippen LogP contribution in [-0.2, 0) is 20.7 Å². The van der Waals surface area contributed by atoms with E-state index in [0.29, 0.717) is 10.6 Å². The van der Waals surface area contributed by atoms with Crippen LogP contribution < -0.4 is 10.1 Å². The number of benzene rings is 2. The molecule has 2 aromatic carbocycles. The Bertz CT molecular complexity index is 802. The Morgan fingerprint density at radius 1 is 1.08 bits per heavy atom. The molecule has 138 valence electrons. The number of ether oxygens (including phenoxy) is 2. The van der Waals surface area contributed by atoms with Crippen molar-refractivity contribution in [3.8, 4) is 5.75 Å². The van der Waals surface area contributed by atoms with Gasteiger partial charge in [0.2, 0.25) is 0 Å². The van der Waals surface area contributed by atoms with E-state index in [2.05, 4.69) is 10.1 Å². The van der Waals surface area contributed by atoms with Crippen LogP contribution in [0.1, 0.15) is 5.56 Å². The number of hydrogen-bond acceptors (Lipinski definition) is 4. The Morgan fingerprint density at radius 2 is 1.81 bits per heavy atom. The van der Waals surface area contributed by atoms with Gasteiger partial charge in [0.1, 0.15) is 5.75 Å². The molecule has 0 bridgehead atoms. The van der Waals surface area contributed by atoms with Crippen molar-refractivity contribution in [2.75, 3.05) is 11.9 Å². The molecule has 1 N–H and O–H groups in total. The lowest BCUT2D eigenvalue weighted by Crippen LogP contribution is -2.21. The molecule has 0 saturated carbocycles. The average Bonchev–Trinajstić information content (AvgIpc) is 2.57. The maximum absolute atomic E-state index is 12.2. The Balaban J connectivity index is 1.84. The Kier molecular flexibility index (Phi) is 7.17. The number of amides is 1. The summed E-state index contributed by atoms with van der Waals surface area (Å²) in [6.45, 7) is -3.53. The monoisotopic (exact) mass is 403 g/mol. The fourth-order valence-corrected chi connectivity index (χ4v) is 2.39. The van der Waals surface area contributed by atoms with Crippen LogP contribution in [0.2, 0.25) is 10.0 Å². The molecule has 0 heterocycles. The van der Waals surface area contributed by atoms with E-state index in [-0.39, 0.29) is 22.9 Å². The lowest BCUT2D eigenvalue weighted by Gasteiger charge is -2.10. The van der Waals surface area contributed by atoms with Gasteiger partial charge in [-0.05, 0) is 29.8 Å². The van der Waals surface area contributed by atoms with E-state index in [4.69, 9.17) is 27.9 Å². The Hall–Kier alpha value is -2.38. The van der Waals surface area contributed by atoms with Gasteiger partial charge in [-0.15, -0.1) is 0 Å². The van der Waals surface area contributed by atoms with Crippen molar-refractivity contribution in [3.05, 3.63) is 58.1 Å². The molecule has 0 spiro atoms. The Labute approximate surface area is 157 Å². The van der Waals surface area contributed by atoms with Gasteiger partial charge >= 0.3 is 12.6 Å². The third-order valence-corrected chi connectivity index (χ3v) is 3.75. The van der Waals surface area contributed by atoms with Crippen LogP contribution in [0.3, 0.4) is 0 Å². The minimum atomic E-state index is -3.01. The average molecular weight is 404 g/mol. The Morgan fingerprint density at radius 3 is 2.46 bits per heavy atom. The van der Waals surface area contributed by atoms with Gasteiger partial charge in [-0.25, -0.2) is 0 Å². The van der Waals surface area contributed by atoms with E-state index in [1.54, 1.807) is 24.3 Å². The highest BCUT2D eigenvalue weighted by Gasteiger charge is 2.13. The van der Waals surface area contributed by atoms with E-state index >= 15 is 0 Å². The first-order valence-electron chi connectivity index (χ1n) is 7.28. The predicted molar refractivity (Wildman–Crippen MR) is 92.8 cm³/mol. The molecular formula is C17H13Cl2F2NO4. The molecule has 0 atom stereocenters. The number of alkyl halides is 2. The first-order chi connectivity index (χ1) is 12.3. The van der Waals surface area contributed by atoms with Gasteiger partial charge in [0.15, 0.2) is 6.61 Å². The van der Waals surface area contributed by atoms with Gasteiger partial charge in [-0.2, -0.15) is 8.78 Å². The van der Waals surface area contributed by atoms with Crippen LogP contribution in [0.5, 0.6) is 5.75 Å². The number of carbonyl (C=O) groups is 2. The van der Waals surface area contributed by atoms with Gasteiger partial charge in [-0.3, -0.25) is 9.59 Å². The molecule has 2 rings (SSSR count). The summed E-state index contributed by atoms with van der Waals surface area (Å²) >= 11 is 11.7. The molecule has 0 aliphatic rings. The number of rotatable bonds is 7. The van der Waals surface area contributed by atoms with Crippen LogP contribution in [0.4, 0.5) is 14.5 Å². The van der Waals surface area contributed by atoms with Crippen molar-refractivity contribution in [1.82, 2.24) is 0 Å². The second kappa shape index (κ2) is 9.35. The minimum absolute atomic E-state index is 0.0710. The highest BCUT2D eigenvalue weighted by molar-refractivity contribution is 6.32. The molecule has 2 aromatic rings. The molecule has 0 aliphatic carbocycles. The third-order valence-electron chi connectivity index (χ3n) is 3.09. The topological polar surface area (TPSA) is 64.6 Å². The van der Waals surface area contributed by atoms with Crippen molar-refractivity contribution in [2.24, 2.45) is 0 Å². The number of anilines is 1. The maximum atomic E-state index is 12.2. The summed E-state index contributed by atoms with van der Waals surface area (Å²) < 4.78 is 33.4. The number of nitrogens with one attached hydrogen (secondary N) is 1. The second-order valence-electron chi connectivity index (χ2n) is 5.00. The zero-order valence-corrected chi connectivity index (χ0v) is 14.7. The summed E-state index contributed by atoms with van der Waals surface area (Å²) in [5.41, 5.74) is 0.824. The van der Waals surface area contributed by atoms with Crippen LogP contribution in [0.25, 0.3) is 0 Å². The smallest absolute Gasteiger partial charge is 0.387 e. The van der Waals surface area contributed by atoms with Gasteiger partial charge in [0, 0.05) is 10.7 Å². The van der Waals surface area contributed by atoms with Gasteiger partial charge in [-0.1, -0.05) is 41.4 Å². The van der Waals surface area contributed by atoms with E-state index in [9.17, 15) is 18.4 Å². The fourth-order valence-electron chi connectivity index (χ4n) is 1.96. The number of hydrogen-bond donors (Lipinski definition) is 1. The molecular weight excluding hydrogens is 391 g/mol. The quantitative estimate of drug-likeness (QED) is 0.699. The molecule has 0 unspecified atom stereocenters. The molecule has 0 aromatic heterocycles. The number of esters is 1. The lowest BCUT2D eigenvalue weighted by molar-refractivity contribution is -0.146. The van der Waals surface area contributed by atoms with Crippen LogP contribution in [0, 0.1) is 0 Å². The summed E-state index contributed by atoms with van der Waals surface area (Å²) in [6, 6.07) is 10.5. The zero-order chi connectivity index (χ0) is 19.1. The van der Waals surface area contributed by atoms with E-state index in [1.165, 1.54) is 18.2 Å². The van der Waals surface area contributed by atoms with Crippen molar-refractivity contribution in [3.63, 3.8) is 0 Å². The molecule has 9 heteroatoms. The normalized spacial score (nSPS) is 10.5.